The van der Waals surface area contributed by atoms with Gasteiger partial charge in [0.2, 0.25) is 0 Å². The molecule has 1 heterocycles. The molecule has 136 valence electrons. The molecule has 0 radical (unpaired) electrons. The summed E-state index contributed by atoms with van der Waals surface area (Å²) >= 11 is 6.19. The molecule has 3 rings (SSSR count). The standard InChI is InChI=1S/C20H21ClN2O3/c1-12-16(11-24)20(15-9-14(25-2)5-6-18(15)23-12)22-10-13-4-7-19(26-3)17(21)8-13/h4-9,11-12,16,23H,10H2,1-3H3. The van der Waals surface area contributed by atoms with Crippen molar-refractivity contribution in [1.29, 1.82) is 0 Å². The van der Waals surface area contributed by atoms with Gasteiger partial charge < -0.3 is 19.6 Å². The highest BCUT2D eigenvalue weighted by Gasteiger charge is 2.30. The van der Waals surface area contributed by atoms with Gasteiger partial charge in [-0.25, -0.2) is 0 Å². The maximum absolute atomic E-state index is 11.7. The highest BCUT2D eigenvalue weighted by molar-refractivity contribution is 6.32. The fourth-order valence-electron chi connectivity index (χ4n) is 3.10. The van der Waals surface area contributed by atoms with Crippen molar-refractivity contribution in [1.82, 2.24) is 0 Å². The third-order valence-electron chi connectivity index (χ3n) is 4.54. The van der Waals surface area contributed by atoms with E-state index in [1.165, 1.54) is 0 Å². The molecule has 5 nitrogen and oxygen atoms in total. The van der Waals surface area contributed by atoms with Gasteiger partial charge in [0.1, 0.15) is 17.8 Å². The molecular weight excluding hydrogens is 352 g/mol. The molecule has 1 N–H and O–H groups in total. The predicted octanol–water partition coefficient (Wildman–Crippen LogP) is 3.98. The molecule has 0 aliphatic carbocycles. The monoisotopic (exact) mass is 372 g/mol. The number of hydrogen-bond acceptors (Lipinski definition) is 5. The zero-order valence-electron chi connectivity index (χ0n) is 15.0. The number of nitrogens with one attached hydrogen (secondary N) is 1. The highest BCUT2D eigenvalue weighted by atomic mass is 35.5. The van der Waals surface area contributed by atoms with Crippen LogP contribution in [0.3, 0.4) is 0 Å². The lowest BCUT2D eigenvalue weighted by atomic mass is 9.86. The van der Waals surface area contributed by atoms with Gasteiger partial charge in [-0.05, 0) is 42.8 Å². The zero-order valence-corrected chi connectivity index (χ0v) is 15.7. The fraction of sp³-hybridized carbons (Fsp3) is 0.300. The van der Waals surface area contributed by atoms with Crippen molar-refractivity contribution in [3.8, 4) is 11.5 Å². The summed E-state index contributed by atoms with van der Waals surface area (Å²) in [4.78, 5) is 16.5. The first-order valence-corrected chi connectivity index (χ1v) is 8.72. The Balaban J connectivity index is 1.99. The Morgan fingerprint density at radius 3 is 2.65 bits per heavy atom. The summed E-state index contributed by atoms with van der Waals surface area (Å²) in [5.41, 5.74) is 3.54. The minimum Gasteiger partial charge on any atom is -0.497 e. The van der Waals surface area contributed by atoms with Crippen LogP contribution in [0.2, 0.25) is 5.02 Å². The third kappa shape index (κ3) is 3.53. The quantitative estimate of drug-likeness (QED) is 0.806. The van der Waals surface area contributed by atoms with Gasteiger partial charge in [0.05, 0.1) is 37.4 Å². The first-order valence-electron chi connectivity index (χ1n) is 8.34. The van der Waals surface area contributed by atoms with Crippen LogP contribution in [-0.2, 0) is 11.3 Å². The van der Waals surface area contributed by atoms with Gasteiger partial charge in [-0.15, -0.1) is 0 Å². The van der Waals surface area contributed by atoms with Crippen LogP contribution >= 0.6 is 11.6 Å². The number of fused-ring (bicyclic) bond motifs is 1. The number of methoxy groups -OCH3 is 2. The predicted molar refractivity (Wildman–Crippen MR) is 104 cm³/mol. The van der Waals surface area contributed by atoms with E-state index in [0.717, 1.165) is 34.6 Å². The number of aldehydes is 1. The molecule has 2 aromatic carbocycles. The van der Waals surface area contributed by atoms with Gasteiger partial charge in [0.25, 0.3) is 0 Å². The molecular formula is C20H21ClN2O3. The molecule has 26 heavy (non-hydrogen) atoms. The Morgan fingerprint density at radius 1 is 1.19 bits per heavy atom. The number of carbonyl (C=O) groups is 1. The molecule has 0 saturated heterocycles. The van der Waals surface area contributed by atoms with Crippen molar-refractivity contribution in [2.24, 2.45) is 10.9 Å². The summed E-state index contributed by atoms with van der Waals surface area (Å²) in [6.45, 7) is 2.40. The van der Waals surface area contributed by atoms with Crippen molar-refractivity contribution in [3.63, 3.8) is 0 Å². The van der Waals surface area contributed by atoms with Gasteiger partial charge in [0.15, 0.2) is 0 Å². The maximum atomic E-state index is 11.7. The van der Waals surface area contributed by atoms with E-state index in [4.69, 9.17) is 26.1 Å². The normalized spacial score (nSPS) is 20.2. The molecule has 0 aromatic heterocycles. The summed E-state index contributed by atoms with van der Waals surface area (Å²) in [5.74, 6) is 1.02. The number of anilines is 1. The van der Waals surface area contributed by atoms with E-state index in [9.17, 15) is 4.79 Å². The summed E-state index contributed by atoms with van der Waals surface area (Å²) in [6, 6.07) is 11.3. The second-order valence-corrected chi connectivity index (χ2v) is 6.58. The van der Waals surface area contributed by atoms with E-state index in [2.05, 4.69) is 5.32 Å². The van der Waals surface area contributed by atoms with Gasteiger partial charge in [-0.3, -0.25) is 4.99 Å². The van der Waals surface area contributed by atoms with E-state index >= 15 is 0 Å². The van der Waals surface area contributed by atoms with Crippen LogP contribution in [0.5, 0.6) is 11.5 Å². The average Bonchev–Trinajstić information content (AvgIpc) is 2.65. The number of nitrogens with zero attached hydrogens (tertiary/aromatic N) is 1. The molecule has 0 fully saturated rings. The molecule has 0 saturated carbocycles. The molecule has 0 amide bonds. The van der Waals surface area contributed by atoms with Crippen molar-refractivity contribution in [3.05, 3.63) is 52.5 Å². The molecule has 2 atom stereocenters. The Kier molecular flexibility index (Phi) is 5.47. The first kappa shape index (κ1) is 18.3. The highest BCUT2D eigenvalue weighted by Crippen LogP contribution is 2.32. The Bertz CT molecular complexity index is 851. The Labute approximate surface area is 158 Å². The average molecular weight is 373 g/mol. The maximum Gasteiger partial charge on any atom is 0.137 e. The SMILES string of the molecule is COc1ccc2c(c1)C(=NCc1ccc(OC)c(Cl)c1)C(C=O)C(C)N2. The summed E-state index contributed by atoms with van der Waals surface area (Å²) in [7, 11) is 3.20. The Hall–Kier alpha value is -2.53. The lowest BCUT2D eigenvalue weighted by Gasteiger charge is -2.31. The van der Waals surface area contributed by atoms with E-state index in [1.807, 2.05) is 43.3 Å². The molecule has 6 heteroatoms. The van der Waals surface area contributed by atoms with Crippen molar-refractivity contribution in [2.45, 2.75) is 19.5 Å². The molecule has 1 aliphatic heterocycles. The second-order valence-electron chi connectivity index (χ2n) is 6.18. The number of carbonyl (C=O) groups excluding carboxylic acids is 1. The van der Waals surface area contributed by atoms with Gasteiger partial charge >= 0.3 is 0 Å². The van der Waals surface area contributed by atoms with Crippen LogP contribution in [0.1, 0.15) is 18.1 Å². The summed E-state index contributed by atoms with van der Waals surface area (Å²) in [5, 5.41) is 3.90. The second kappa shape index (κ2) is 7.79. The zero-order chi connectivity index (χ0) is 18.7. The molecule has 2 aromatic rings. The molecule has 2 unspecified atom stereocenters. The van der Waals surface area contributed by atoms with Gasteiger partial charge in [-0.1, -0.05) is 17.7 Å². The number of hydrogen-bond donors (Lipinski definition) is 1. The summed E-state index contributed by atoms with van der Waals surface area (Å²) < 4.78 is 10.5. The minimum absolute atomic E-state index is 0.0356. The topological polar surface area (TPSA) is 59.9 Å². The smallest absolute Gasteiger partial charge is 0.137 e. The number of halogens is 1. The van der Waals surface area contributed by atoms with Crippen molar-refractivity contribution < 1.29 is 14.3 Å². The van der Waals surface area contributed by atoms with E-state index in [0.29, 0.717) is 17.3 Å². The third-order valence-corrected chi connectivity index (χ3v) is 4.83. The van der Waals surface area contributed by atoms with Gasteiger partial charge in [0, 0.05) is 17.3 Å². The molecule has 1 aliphatic rings. The fourth-order valence-corrected chi connectivity index (χ4v) is 3.38. The van der Waals surface area contributed by atoms with Crippen LogP contribution in [0.15, 0.2) is 41.4 Å². The van der Waals surface area contributed by atoms with Gasteiger partial charge in [-0.2, -0.15) is 0 Å². The van der Waals surface area contributed by atoms with Crippen LogP contribution in [0.4, 0.5) is 5.69 Å². The molecule has 0 bridgehead atoms. The lowest BCUT2D eigenvalue weighted by Crippen LogP contribution is -2.39. The van der Waals surface area contributed by atoms with Crippen LogP contribution in [-0.4, -0.2) is 32.3 Å². The van der Waals surface area contributed by atoms with Crippen LogP contribution in [0, 0.1) is 5.92 Å². The van der Waals surface area contributed by atoms with Crippen LogP contribution < -0.4 is 14.8 Å². The number of benzene rings is 2. The number of ether oxygens (including phenoxy) is 2. The summed E-state index contributed by atoms with van der Waals surface area (Å²) in [6.07, 6.45) is 0.944. The Morgan fingerprint density at radius 2 is 2.00 bits per heavy atom. The van der Waals surface area contributed by atoms with E-state index in [1.54, 1.807) is 14.2 Å². The van der Waals surface area contributed by atoms with Crippen molar-refractivity contribution >= 4 is 29.3 Å². The van der Waals surface area contributed by atoms with Crippen LogP contribution in [0.25, 0.3) is 0 Å². The molecule has 0 spiro atoms. The lowest BCUT2D eigenvalue weighted by molar-refractivity contribution is -0.109. The minimum atomic E-state index is -0.330. The largest absolute Gasteiger partial charge is 0.497 e. The number of aliphatic imine (C=N–C) groups is 1. The van der Waals surface area contributed by atoms with E-state index < -0.39 is 0 Å². The first-order chi connectivity index (χ1) is 12.6. The number of rotatable bonds is 5. The van der Waals surface area contributed by atoms with E-state index in [-0.39, 0.29) is 12.0 Å². The van der Waals surface area contributed by atoms with Crippen molar-refractivity contribution in [2.75, 3.05) is 19.5 Å².